The number of hydrogen-bond acceptors (Lipinski definition) is 5. The van der Waals surface area contributed by atoms with Gasteiger partial charge in [0.25, 0.3) is 0 Å². The summed E-state index contributed by atoms with van der Waals surface area (Å²) >= 11 is 0. The van der Waals surface area contributed by atoms with Crippen LogP contribution in [0.25, 0.3) is 0 Å². The molecule has 1 atom stereocenters. The van der Waals surface area contributed by atoms with E-state index < -0.39 is 10.0 Å². The van der Waals surface area contributed by atoms with E-state index in [1.54, 1.807) is 28.6 Å². The number of anilines is 1. The molecular weight excluding hydrogens is 423 g/mol. The second kappa shape index (κ2) is 11.3. The molecule has 2 N–H and O–H groups in total. The highest BCUT2D eigenvalue weighted by atomic mass is 35.5. The van der Waals surface area contributed by atoms with Crippen LogP contribution in [0.3, 0.4) is 0 Å². The maximum Gasteiger partial charge on any atom is 0.243 e. The summed E-state index contributed by atoms with van der Waals surface area (Å²) in [5, 5.41) is 6.13. The number of amides is 1. The van der Waals surface area contributed by atoms with Gasteiger partial charge in [0.05, 0.1) is 4.90 Å². The molecule has 2 saturated heterocycles. The molecule has 0 bridgehead atoms. The Kier molecular flexibility index (Phi) is 10.2. The molecule has 0 saturated carbocycles. The van der Waals surface area contributed by atoms with E-state index in [1.165, 1.54) is 0 Å². The van der Waals surface area contributed by atoms with Crippen molar-refractivity contribution in [2.75, 3.05) is 45.1 Å². The molecule has 0 aromatic heterocycles. The van der Waals surface area contributed by atoms with Crippen LogP contribution in [0.15, 0.2) is 29.2 Å². The zero-order chi connectivity index (χ0) is 18.6. The first-order chi connectivity index (χ1) is 12.4. The first-order valence-corrected chi connectivity index (χ1v) is 10.7. The summed E-state index contributed by atoms with van der Waals surface area (Å²) in [7, 11) is -1.54. The van der Waals surface area contributed by atoms with E-state index in [0.717, 1.165) is 38.9 Å². The first kappa shape index (κ1) is 25.1. The molecule has 2 fully saturated rings. The van der Waals surface area contributed by atoms with Crippen LogP contribution in [0, 0.1) is 0 Å². The monoisotopic (exact) mass is 452 g/mol. The summed E-state index contributed by atoms with van der Waals surface area (Å²) in [5.74, 6) is -0.0876. The summed E-state index contributed by atoms with van der Waals surface area (Å²) in [6.45, 7) is 3.59. The number of hydrogen-bond donors (Lipinski definition) is 2. The number of carbonyl (C=O) groups excluding carboxylic acids is 1. The van der Waals surface area contributed by atoms with E-state index in [2.05, 4.69) is 15.5 Å². The average Bonchev–Trinajstić information content (AvgIpc) is 3.00. The van der Waals surface area contributed by atoms with Crippen LogP contribution in [-0.4, -0.2) is 69.3 Å². The fraction of sp³-hybridized carbons (Fsp3) is 0.611. The van der Waals surface area contributed by atoms with Gasteiger partial charge in [0.15, 0.2) is 0 Å². The number of carbonyl (C=O) groups is 1. The molecule has 7 nitrogen and oxygen atoms in total. The Morgan fingerprint density at radius 2 is 1.96 bits per heavy atom. The van der Waals surface area contributed by atoms with Crippen molar-refractivity contribution in [1.29, 1.82) is 0 Å². The molecule has 0 aliphatic carbocycles. The molecule has 28 heavy (non-hydrogen) atoms. The Labute approximate surface area is 180 Å². The third kappa shape index (κ3) is 6.57. The Hall–Kier alpha value is -0.900. The number of halogens is 2. The second-order valence-corrected chi connectivity index (χ2v) is 9.07. The fourth-order valence-corrected chi connectivity index (χ4v) is 5.03. The lowest BCUT2D eigenvalue weighted by atomic mass is 10.1. The van der Waals surface area contributed by atoms with Gasteiger partial charge in [-0.25, -0.2) is 8.42 Å². The lowest BCUT2D eigenvalue weighted by Crippen LogP contribution is -2.34. The first-order valence-electron chi connectivity index (χ1n) is 9.27. The van der Waals surface area contributed by atoms with Crippen molar-refractivity contribution in [1.82, 2.24) is 14.5 Å². The van der Waals surface area contributed by atoms with Gasteiger partial charge in [-0.3, -0.25) is 4.79 Å². The number of nitrogens with one attached hydrogen (secondary N) is 2. The standard InChI is InChI=1S/C18H28N4O3S.2ClH/c1-21-9-4-10-22(12-11-21)26(24,25)17-7-2-5-16(13-17)20-18(23)14-15-6-3-8-19-15;;/h2,5,7,13,15,19H,3-4,6,8-12,14H2,1H3,(H,20,23);2*1H. The van der Waals surface area contributed by atoms with Crippen molar-refractivity contribution in [2.24, 2.45) is 0 Å². The molecule has 3 rings (SSSR count). The summed E-state index contributed by atoms with van der Waals surface area (Å²) in [4.78, 5) is 14.6. The predicted molar refractivity (Wildman–Crippen MR) is 116 cm³/mol. The van der Waals surface area contributed by atoms with Crippen LogP contribution >= 0.6 is 24.8 Å². The highest BCUT2D eigenvalue weighted by Crippen LogP contribution is 2.21. The van der Waals surface area contributed by atoms with Crippen LogP contribution < -0.4 is 10.6 Å². The van der Waals surface area contributed by atoms with Crippen LogP contribution in [0.5, 0.6) is 0 Å². The van der Waals surface area contributed by atoms with Crippen molar-refractivity contribution >= 4 is 46.4 Å². The van der Waals surface area contributed by atoms with Crippen LogP contribution in [0.2, 0.25) is 0 Å². The number of benzene rings is 1. The molecule has 0 radical (unpaired) electrons. The van der Waals surface area contributed by atoms with Gasteiger partial charge in [0, 0.05) is 37.8 Å². The van der Waals surface area contributed by atoms with Crippen molar-refractivity contribution < 1.29 is 13.2 Å². The van der Waals surface area contributed by atoms with Gasteiger partial charge in [-0.1, -0.05) is 6.07 Å². The van der Waals surface area contributed by atoms with E-state index >= 15 is 0 Å². The number of nitrogens with zero attached hydrogens (tertiary/aromatic N) is 2. The number of sulfonamides is 1. The third-order valence-corrected chi connectivity index (χ3v) is 6.92. The Morgan fingerprint density at radius 3 is 2.68 bits per heavy atom. The van der Waals surface area contributed by atoms with Gasteiger partial charge in [-0.05, 0) is 57.6 Å². The molecule has 1 aromatic rings. The predicted octanol–water partition coefficient (Wildman–Crippen LogP) is 1.94. The van der Waals surface area contributed by atoms with E-state index in [-0.39, 0.29) is 41.7 Å². The van der Waals surface area contributed by atoms with Crippen LogP contribution in [0.1, 0.15) is 25.7 Å². The third-order valence-electron chi connectivity index (χ3n) is 5.03. The van der Waals surface area contributed by atoms with Gasteiger partial charge in [-0.15, -0.1) is 24.8 Å². The molecule has 1 amide bonds. The number of rotatable bonds is 5. The zero-order valence-electron chi connectivity index (χ0n) is 16.1. The minimum Gasteiger partial charge on any atom is -0.326 e. The van der Waals surface area contributed by atoms with Gasteiger partial charge in [-0.2, -0.15) is 4.31 Å². The van der Waals surface area contributed by atoms with Gasteiger partial charge >= 0.3 is 0 Å². The zero-order valence-corrected chi connectivity index (χ0v) is 18.5. The minimum atomic E-state index is -3.55. The summed E-state index contributed by atoms with van der Waals surface area (Å²) in [6, 6.07) is 6.79. The molecule has 0 spiro atoms. The second-order valence-electron chi connectivity index (χ2n) is 7.13. The molecular formula is C18H30Cl2N4O3S. The van der Waals surface area contributed by atoms with Crippen molar-refractivity contribution in [3.8, 4) is 0 Å². The quantitative estimate of drug-likeness (QED) is 0.712. The molecule has 10 heteroatoms. The van der Waals surface area contributed by atoms with E-state index in [1.807, 2.05) is 7.05 Å². The molecule has 2 heterocycles. The molecule has 160 valence electrons. The topological polar surface area (TPSA) is 81.8 Å². The van der Waals surface area contributed by atoms with Crippen LogP contribution in [-0.2, 0) is 14.8 Å². The smallest absolute Gasteiger partial charge is 0.243 e. The molecule has 2 aliphatic rings. The van der Waals surface area contributed by atoms with E-state index in [0.29, 0.717) is 25.2 Å². The summed E-state index contributed by atoms with van der Waals surface area (Å²) in [5.41, 5.74) is 0.529. The highest BCUT2D eigenvalue weighted by molar-refractivity contribution is 7.89. The molecule has 1 unspecified atom stereocenters. The average molecular weight is 453 g/mol. The van der Waals surface area contributed by atoms with Crippen molar-refractivity contribution in [3.63, 3.8) is 0 Å². The van der Waals surface area contributed by atoms with Gasteiger partial charge in [0.2, 0.25) is 15.9 Å². The Bertz CT molecular complexity index is 742. The molecule has 2 aliphatic heterocycles. The molecule has 1 aromatic carbocycles. The van der Waals surface area contributed by atoms with E-state index in [9.17, 15) is 13.2 Å². The van der Waals surface area contributed by atoms with Crippen molar-refractivity contribution in [3.05, 3.63) is 24.3 Å². The largest absolute Gasteiger partial charge is 0.326 e. The maximum atomic E-state index is 12.9. The lowest BCUT2D eigenvalue weighted by molar-refractivity contribution is -0.116. The van der Waals surface area contributed by atoms with Gasteiger partial charge in [0.1, 0.15) is 0 Å². The van der Waals surface area contributed by atoms with Crippen molar-refractivity contribution in [2.45, 2.75) is 36.6 Å². The van der Waals surface area contributed by atoms with Crippen LogP contribution in [0.4, 0.5) is 5.69 Å². The minimum absolute atomic E-state index is 0. The van der Waals surface area contributed by atoms with Gasteiger partial charge < -0.3 is 15.5 Å². The SMILES string of the molecule is CN1CCCN(S(=O)(=O)c2cccc(NC(=O)CC3CCCN3)c2)CC1.Cl.Cl. The Morgan fingerprint density at radius 1 is 1.18 bits per heavy atom. The highest BCUT2D eigenvalue weighted by Gasteiger charge is 2.26. The Balaban J connectivity index is 0.00000196. The fourth-order valence-electron chi connectivity index (χ4n) is 3.51. The summed E-state index contributed by atoms with van der Waals surface area (Å²) < 4.78 is 27.4. The van der Waals surface area contributed by atoms with E-state index in [4.69, 9.17) is 0 Å². The normalized spacial score (nSPS) is 21.2. The summed E-state index contributed by atoms with van der Waals surface area (Å²) in [6.07, 6.45) is 3.33. The lowest BCUT2D eigenvalue weighted by Gasteiger charge is -2.20. The maximum absolute atomic E-state index is 12.9. The number of likely N-dealkylation sites (N-methyl/N-ethyl adjacent to an activating group) is 1.